The highest BCUT2D eigenvalue weighted by Crippen LogP contribution is 2.45. The van der Waals surface area contributed by atoms with Crippen molar-refractivity contribution in [2.24, 2.45) is 0 Å². The van der Waals surface area contributed by atoms with Gasteiger partial charge in [0.25, 0.3) is 0 Å². The van der Waals surface area contributed by atoms with E-state index in [1.165, 1.54) is 69.0 Å². The van der Waals surface area contributed by atoms with Gasteiger partial charge in [0.05, 0.1) is 11.2 Å². The quantitative estimate of drug-likeness (QED) is 0.176. The number of fused-ring (bicyclic) bond motifs is 12. The highest BCUT2D eigenvalue weighted by Gasteiger charge is 2.19. The first-order valence-electron chi connectivity index (χ1n) is 17.3. The van der Waals surface area contributed by atoms with E-state index in [-0.39, 0.29) is 0 Å². The minimum absolute atomic E-state index is 0.747. The Hall–Kier alpha value is -6.42. The van der Waals surface area contributed by atoms with Crippen LogP contribution in [0.15, 0.2) is 170 Å². The molecule has 0 fully saturated rings. The molecule has 0 amide bonds. The number of thiophene rings is 1. The Morgan fingerprint density at radius 2 is 0.961 bits per heavy atom. The molecular weight excluding hydrogens is 637 g/mol. The number of benzene rings is 9. The molecule has 51 heavy (non-hydrogen) atoms. The zero-order valence-corrected chi connectivity index (χ0v) is 28.3. The Bertz CT molecular complexity index is 3190. The van der Waals surface area contributed by atoms with Crippen LogP contribution < -0.4 is 0 Å². The van der Waals surface area contributed by atoms with E-state index in [0.717, 1.165) is 38.9 Å². The van der Waals surface area contributed by atoms with Gasteiger partial charge in [0, 0.05) is 42.1 Å². The van der Waals surface area contributed by atoms with Crippen LogP contribution in [0.3, 0.4) is 0 Å². The molecule has 0 aliphatic heterocycles. The van der Waals surface area contributed by atoms with Crippen molar-refractivity contribution in [1.29, 1.82) is 0 Å². The number of hydrogen-bond donors (Lipinski definition) is 0. The van der Waals surface area contributed by atoms with Gasteiger partial charge in [-0.3, -0.25) is 0 Å². The van der Waals surface area contributed by atoms with Crippen LogP contribution in [0.1, 0.15) is 0 Å². The van der Waals surface area contributed by atoms with Gasteiger partial charge >= 0.3 is 0 Å². The normalized spacial score (nSPS) is 11.9. The number of aromatic nitrogens is 2. The van der Waals surface area contributed by atoms with E-state index < -0.39 is 0 Å². The van der Waals surface area contributed by atoms with Crippen molar-refractivity contribution in [3.8, 4) is 33.8 Å². The summed E-state index contributed by atoms with van der Waals surface area (Å²) in [7, 11) is 0. The Morgan fingerprint density at radius 3 is 1.75 bits per heavy atom. The fourth-order valence-electron chi connectivity index (χ4n) is 8.05. The molecule has 0 aliphatic rings. The summed E-state index contributed by atoms with van der Waals surface area (Å²) in [5.74, 6) is 0.747. The van der Waals surface area contributed by atoms with Crippen LogP contribution in [0, 0.1) is 0 Å². The number of nitrogens with zero attached hydrogens (tertiary/aromatic N) is 2. The summed E-state index contributed by atoms with van der Waals surface area (Å²) in [5, 5.41) is 13.6. The van der Waals surface area contributed by atoms with Gasteiger partial charge in [0.2, 0.25) is 0 Å². The van der Waals surface area contributed by atoms with Crippen molar-refractivity contribution in [2.75, 3.05) is 0 Å². The van der Waals surface area contributed by atoms with E-state index in [0.29, 0.717) is 0 Å². The van der Waals surface area contributed by atoms with E-state index in [2.05, 4.69) is 170 Å². The standard InChI is InChI=1S/C48H28N2S/c1-2-12-29(13-3-1)31-15-10-16-32(26-31)45-39-25-24-30-14-4-5-17-33(30)46(39)50-48(49-45)40-23-11-22-38-43-27-41-36-20-8-6-18-34(36)35-19-7-9-21-37(35)42(41)28-44(43)51-47(38)40/h1-28H. The second-order valence-electron chi connectivity index (χ2n) is 13.3. The molecule has 0 atom stereocenters. The van der Waals surface area contributed by atoms with Crippen molar-refractivity contribution in [1.82, 2.24) is 9.97 Å². The molecule has 11 rings (SSSR count). The molecule has 0 N–H and O–H groups in total. The Kier molecular flexibility index (Phi) is 6.16. The maximum Gasteiger partial charge on any atom is 0.161 e. The first-order chi connectivity index (χ1) is 25.3. The topological polar surface area (TPSA) is 25.8 Å². The van der Waals surface area contributed by atoms with E-state index in [1.54, 1.807) is 0 Å². The van der Waals surface area contributed by atoms with Gasteiger partial charge in [-0.25, -0.2) is 9.97 Å². The monoisotopic (exact) mass is 664 g/mol. The molecule has 0 saturated heterocycles. The number of hydrogen-bond acceptors (Lipinski definition) is 3. The molecule has 2 heterocycles. The molecule has 236 valence electrons. The molecule has 11 aromatic rings. The zero-order chi connectivity index (χ0) is 33.5. The van der Waals surface area contributed by atoms with Crippen molar-refractivity contribution in [3.05, 3.63) is 170 Å². The van der Waals surface area contributed by atoms with Gasteiger partial charge in [-0.15, -0.1) is 11.3 Å². The summed E-state index contributed by atoms with van der Waals surface area (Å²) < 4.78 is 2.48. The van der Waals surface area contributed by atoms with Crippen LogP contribution in [-0.2, 0) is 0 Å². The van der Waals surface area contributed by atoms with E-state index in [9.17, 15) is 0 Å². The van der Waals surface area contributed by atoms with Crippen LogP contribution in [-0.4, -0.2) is 9.97 Å². The highest BCUT2D eigenvalue weighted by molar-refractivity contribution is 7.26. The minimum Gasteiger partial charge on any atom is -0.227 e. The molecule has 0 radical (unpaired) electrons. The third kappa shape index (κ3) is 4.35. The van der Waals surface area contributed by atoms with Crippen molar-refractivity contribution >= 4 is 85.5 Å². The third-order valence-corrected chi connectivity index (χ3v) is 11.6. The lowest BCUT2D eigenvalue weighted by molar-refractivity contribution is 1.24. The van der Waals surface area contributed by atoms with Gasteiger partial charge in [0.1, 0.15) is 0 Å². The van der Waals surface area contributed by atoms with Crippen LogP contribution in [0.4, 0.5) is 0 Å². The van der Waals surface area contributed by atoms with E-state index >= 15 is 0 Å². The maximum atomic E-state index is 5.44. The van der Waals surface area contributed by atoms with Gasteiger partial charge in [-0.1, -0.05) is 140 Å². The lowest BCUT2D eigenvalue weighted by Crippen LogP contribution is -1.96. The van der Waals surface area contributed by atoms with Crippen molar-refractivity contribution in [2.45, 2.75) is 0 Å². The Balaban J connectivity index is 1.20. The molecule has 2 nitrogen and oxygen atoms in total. The fraction of sp³-hybridized carbons (Fsp3) is 0. The lowest BCUT2D eigenvalue weighted by Gasteiger charge is -2.13. The summed E-state index contributed by atoms with van der Waals surface area (Å²) in [6, 6.07) is 61.3. The predicted octanol–water partition coefficient (Wildman–Crippen LogP) is 13.6. The summed E-state index contributed by atoms with van der Waals surface area (Å²) >= 11 is 1.84. The zero-order valence-electron chi connectivity index (χ0n) is 27.5. The molecule has 3 heteroatoms. The molecule has 0 bridgehead atoms. The molecule has 0 saturated carbocycles. The molecule has 0 spiro atoms. The Labute approximate surface area is 297 Å². The Morgan fingerprint density at radius 1 is 0.353 bits per heavy atom. The SMILES string of the molecule is c1ccc(-c2cccc(-c3nc(-c4cccc5c4sc4cc6c7ccccc7c7ccccc7c6cc45)nc4c3ccc3ccccc34)c2)cc1. The number of rotatable bonds is 3. The second kappa shape index (κ2) is 11.0. The van der Waals surface area contributed by atoms with Gasteiger partial charge in [-0.05, 0) is 79.2 Å². The minimum atomic E-state index is 0.747. The largest absolute Gasteiger partial charge is 0.227 e. The van der Waals surface area contributed by atoms with Crippen LogP contribution in [0.25, 0.3) is 108 Å². The first kappa shape index (κ1) is 28.4. The molecule has 2 aromatic heterocycles. The molecular formula is C48H28N2S. The van der Waals surface area contributed by atoms with Gasteiger partial charge in [-0.2, -0.15) is 0 Å². The highest BCUT2D eigenvalue weighted by atomic mass is 32.1. The molecule has 9 aromatic carbocycles. The third-order valence-electron chi connectivity index (χ3n) is 10.4. The second-order valence-corrected chi connectivity index (χ2v) is 14.3. The average Bonchev–Trinajstić information content (AvgIpc) is 3.58. The fourth-order valence-corrected chi connectivity index (χ4v) is 9.28. The summed E-state index contributed by atoms with van der Waals surface area (Å²) in [6.07, 6.45) is 0. The predicted molar refractivity (Wildman–Crippen MR) is 219 cm³/mol. The van der Waals surface area contributed by atoms with Crippen LogP contribution >= 0.6 is 11.3 Å². The summed E-state index contributed by atoms with van der Waals surface area (Å²) in [6.45, 7) is 0. The van der Waals surface area contributed by atoms with Crippen LogP contribution in [0.2, 0.25) is 0 Å². The van der Waals surface area contributed by atoms with E-state index in [1.807, 2.05) is 11.3 Å². The first-order valence-corrected chi connectivity index (χ1v) is 18.1. The average molecular weight is 665 g/mol. The molecule has 0 unspecified atom stereocenters. The van der Waals surface area contributed by atoms with Crippen LogP contribution in [0.5, 0.6) is 0 Å². The van der Waals surface area contributed by atoms with Gasteiger partial charge < -0.3 is 0 Å². The molecule has 0 aliphatic carbocycles. The summed E-state index contributed by atoms with van der Waals surface area (Å²) in [4.78, 5) is 10.8. The lowest BCUT2D eigenvalue weighted by atomic mass is 9.93. The van der Waals surface area contributed by atoms with E-state index in [4.69, 9.17) is 9.97 Å². The smallest absolute Gasteiger partial charge is 0.161 e. The van der Waals surface area contributed by atoms with Gasteiger partial charge in [0.15, 0.2) is 5.82 Å². The van der Waals surface area contributed by atoms with Crippen molar-refractivity contribution < 1.29 is 0 Å². The maximum absolute atomic E-state index is 5.44. The summed E-state index contributed by atoms with van der Waals surface area (Å²) in [5.41, 5.74) is 6.41. The van der Waals surface area contributed by atoms with Crippen molar-refractivity contribution in [3.63, 3.8) is 0 Å².